The number of amides is 2. The molecular formula is C27H35BF2N6O10. The summed E-state index contributed by atoms with van der Waals surface area (Å²) in [6, 6.07) is 0.946. The highest BCUT2D eigenvalue weighted by Crippen LogP contribution is 2.23. The minimum atomic E-state index is -2.87. The van der Waals surface area contributed by atoms with E-state index in [0.717, 1.165) is 25.6 Å². The number of carbonyl (C=O) groups is 6. The average molecular weight is 652 g/mol. The lowest BCUT2D eigenvalue weighted by Gasteiger charge is -2.28. The normalized spacial score (nSPS) is 14.2. The quantitative estimate of drug-likeness (QED) is 0.0595. The van der Waals surface area contributed by atoms with Crippen LogP contribution in [-0.4, -0.2) is 135 Å². The fourth-order valence-electron chi connectivity index (χ4n) is 4.64. The summed E-state index contributed by atoms with van der Waals surface area (Å²) in [5.41, 5.74) is 2.56. The Morgan fingerprint density at radius 2 is 1.54 bits per heavy atom. The molecule has 0 bridgehead atoms. The maximum Gasteiger partial charge on any atom is 0.677 e. The fraction of sp³-hybridized carbons (Fsp3) is 0.444. The van der Waals surface area contributed by atoms with Gasteiger partial charge in [-0.05, 0) is 50.1 Å². The van der Waals surface area contributed by atoms with Crippen molar-refractivity contribution in [3.8, 4) is 0 Å². The molecule has 2 amide bonds. The molecule has 250 valence electrons. The van der Waals surface area contributed by atoms with Crippen molar-refractivity contribution in [2.24, 2.45) is 4.99 Å². The van der Waals surface area contributed by atoms with Crippen molar-refractivity contribution < 1.29 is 57.8 Å². The van der Waals surface area contributed by atoms with Gasteiger partial charge in [-0.15, -0.1) is 0 Å². The molecule has 0 spiro atoms. The number of hydrogen-bond donors (Lipinski definition) is 6. The van der Waals surface area contributed by atoms with Crippen molar-refractivity contribution in [1.82, 2.24) is 24.9 Å². The molecule has 2 heterocycles. The minimum absolute atomic E-state index is 0.0329. The van der Waals surface area contributed by atoms with Crippen molar-refractivity contribution in [2.75, 3.05) is 45.8 Å². The molecule has 2 rings (SSSR count). The molecule has 46 heavy (non-hydrogen) atoms. The molecule has 19 heteroatoms. The van der Waals surface area contributed by atoms with Crippen molar-refractivity contribution in [3.63, 3.8) is 0 Å². The molecule has 16 nitrogen and oxygen atoms in total. The SMILES string of the molecule is CC1=CC(C)=N/C1=C\c1ccc(CCC(=O)NCCNC(=O)C(C(=O)O)N(CCN(CC(=O)O)CC(=O)O)CC(=O)O)n1B(F)F. The van der Waals surface area contributed by atoms with Gasteiger partial charge in [0.15, 0.2) is 6.04 Å². The maximum absolute atomic E-state index is 13.9. The first kappa shape index (κ1) is 37.3. The van der Waals surface area contributed by atoms with Crippen LogP contribution in [0.5, 0.6) is 0 Å². The van der Waals surface area contributed by atoms with Gasteiger partial charge in [-0.3, -0.25) is 47.4 Å². The van der Waals surface area contributed by atoms with Gasteiger partial charge in [0.05, 0.1) is 25.3 Å². The highest BCUT2D eigenvalue weighted by atomic mass is 19.2. The smallest absolute Gasteiger partial charge is 0.480 e. The van der Waals surface area contributed by atoms with Crippen LogP contribution in [0.4, 0.5) is 8.63 Å². The van der Waals surface area contributed by atoms with Crippen molar-refractivity contribution in [1.29, 1.82) is 0 Å². The summed E-state index contributed by atoms with van der Waals surface area (Å²) in [6.07, 6.45) is 3.15. The van der Waals surface area contributed by atoms with Crippen LogP contribution in [0.2, 0.25) is 0 Å². The lowest BCUT2D eigenvalue weighted by molar-refractivity contribution is -0.152. The molecule has 1 aromatic rings. The molecule has 6 N–H and O–H groups in total. The number of aliphatic imine (C=N–C) groups is 1. The van der Waals surface area contributed by atoms with Gasteiger partial charge in [-0.2, -0.15) is 0 Å². The van der Waals surface area contributed by atoms with E-state index in [0.29, 0.717) is 5.70 Å². The molecule has 1 atom stereocenters. The van der Waals surface area contributed by atoms with Gasteiger partial charge < -0.3 is 35.5 Å². The Morgan fingerprint density at radius 1 is 0.935 bits per heavy atom. The molecule has 0 aromatic carbocycles. The van der Waals surface area contributed by atoms with Crippen LogP contribution in [-0.2, 0) is 35.2 Å². The zero-order chi connectivity index (χ0) is 34.6. The molecule has 0 saturated carbocycles. The Kier molecular flexibility index (Phi) is 14.2. The number of rotatable bonds is 20. The second kappa shape index (κ2) is 17.5. The van der Waals surface area contributed by atoms with E-state index in [2.05, 4.69) is 15.6 Å². The predicted molar refractivity (Wildman–Crippen MR) is 159 cm³/mol. The van der Waals surface area contributed by atoms with Gasteiger partial charge in [-0.25, -0.2) is 4.79 Å². The number of carboxylic acid groups (broad SMARTS) is 4. The van der Waals surface area contributed by atoms with Gasteiger partial charge in [0.25, 0.3) is 0 Å². The molecule has 1 aromatic heterocycles. The van der Waals surface area contributed by atoms with Crippen LogP contribution in [0.15, 0.2) is 34.5 Å². The van der Waals surface area contributed by atoms with Crippen molar-refractivity contribution in [3.05, 3.63) is 40.9 Å². The van der Waals surface area contributed by atoms with Crippen LogP contribution in [0.25, 0.3) is 6.08 Å². The topological polar surface area (TPSA) is 231 Å². The first-order valence-electron chi connectivity index (χ1n) is 13.9. The van der Waals surface area contributed by atoms with E-state index >= 15 is 0 Å². The number of nitrogens with zero attached hydrogens (tertiary/aromatic N) is 4. The summed E-state index contributed by atoms with van der Waals surface area (Å²) >= 11 is 0. The standard InChI is InChI=1S/C27H35BF2N6O10/c1-16-11-17(2)33-20(16)12-19-4-3-18(36(19)28(29)30)5-6-21(37)31-7-8-32-26(44)25(27(45)46)35(15-24(42)43)10-9-34(13-22(38)39)14-23(40)41/h3-4,11-12,25H,5-10,13-15H2,1-2H3,(H,31,37)(H,32,44)(H,38,39)(H,40,41)(H,42,43)(H,45,46)/b20-12-. The number of nitrogens with one attached hydrogen (secondary N) is 2. The van der Waals surface area contributed by atoms with Crippen LogP contribution in [0.3, 0.4) is 0 Å². The van der Waals surface area contributed by atoms with E-state index in [1.54, 1.807) is 6.92 Å². The zero-order valence-electron chi connectivity index (χ0n) is 25.1. The van der Waals surface area contributed by atoms with Crippen molar-refractivity contribution in [2.45, 2.75) is 32.7 Å². The number of halogens is 2. The van der Waals surface area contributed by atoms with Gasteiger partial charge in [-0.1, -0.05) is 0 Å². The summed E-state index contributed by atoms with van der Waals surface area (Å²) in [5.74, 6) is -7.62. The lowest BCUT2D eigenvalue weighted by atomic mass is 10.1. The first-order valence-corrected chi connectivity index (χ1v) is 13.9. The molecule has 0 radical (unpaired) electrons. The van der Waals surface area contributed by atoms with Gasteiger partial charge in [0.2, 0.25) is 11.8 Å². The molecule has 0 aliphatic carbocycles. The number of aryl methyl sites for hydroxylation is 1. The number of aliphatic carboxylic acids is 4. The van der Waals surface area contributed by atoms with Crippen LogP contribution < -0.4 is 10.6 Å². The monoisotopic (exact) mass is 652 g/mol. The second-order valence-electron chi connectivity index (χ2n) is 10.3. The van der Waals surface area contributed by atoms with Crippen LogP contribution in [0.1, 0.15) is 31.7 Å². The fourth-order valence-corrected chi connectivity index (χ4v) is 4.64. The van der Waals surface area contributed by atoms with E-state index < -0.39 is 75.3 Å². The summed E-state index contributed by atoms with van der Waals surface area (Å²) < 4.78 is 28.5. The van der Waals surface area contributed by atoms with Crippen molar-refractivity contribution >= 4 is 54.9 Å². The summed E-state index contributed by atoms with van der Waals surface area (Å²) in [6.45, 7) is -0.0755. The molecule has 1 aliphatic rings. The summed E-state index contributed by atoms with van der Waals surface area (Å²) in [5, 5.41) is 41.6. The molecule has 0 saturated heterocycles. The number of hydrogen-bond acceptors (Lipinski definition) is 9. The first-order chi connectivity index (χ1) is 21.6. The molecule has 0 fully saturated rings. The van der Waals surface area contributed by atoms with E-state index in [4.69, 9.17) is 10.2 Å². The van der Waals surface area contributed by atoms with Crippen LogP contribution in [0, 0.1) is 0 Å². The zero-order valence-corrected chi connectivity index (χ0v) is 25.1. The third-order valence-electron chi connectivity index (χ3n) is 6.60. The van der Waals surface area contributed by atoms with E-state index in [1.165, 1.54) is 18.2 Å². The molecule has 1 unspecified atom stereocenters. The average Bonchev–Trinajstić information content (AvgIpc) is 3.48. The Morgan fingerprint density at radius 3 is 2.07 bits per heavy atom. The number of carboxylic acids is 4. The summed E-state index contributed by atoms with van der Waals surface area (Å²) in [7, 11) is -2.87. The van der Waals surface area contributed by atoms with Gasteiger partial charge in [0.1, 0.15) is 0 Å². The lowest BCUT2D eigenvalue weighted by Crippen LogP contribution is -2.55. The minimum Gasteiger partial charge on any atom is -0.480 e. The van der Waals surface area contributed by atoms with Gasteiger partial charge in [0, 0.05) is 49.7 Å². The Bertz CT molecular complexity index is 1410. The summed E-state index contributed by atoms with van der Waals surface area (Å²) in [4.78, 5) is 76.3. The van der Waals surface area contributed by atoms with E-state index in [9.17, 15) is 47.6 Å². The highest BCUT2D eigenvalue weighted by molar-refractivity contribution is 6.41. The van der Waals surface area contributed by atoms with Crippen LogP contribution >= 0.6 is 0 Å². The number of aromatic nitrogens is 1. The Balaban J connectivity index is 1.95. The largest absolute Gasteiger partial charge is 0.677 e. The van der Waals surface area contributed by atoms with E-state index in [-0.39, 0.29) is 43.9 Å². The van der Waals surface area contributed by atoms with Gasteiger partial charge >= 0.3 is 31.3 Å². The third kappa shape index (κ3) is 11.9. The highest BCUT2D eigenvalue weighted by Gasteiger charge is 2.34. The maximum atomic E-state index is 13.9. The Labute approximate surface area is 262 Å². The Hall–Kier alpha value is -4.91. The number of allylic oxidation sites excluding steroid dienone is 2. The predicted octanol–water partition coefficient (Wildman–Crippen LogP) is -0.502. The third-order valence-corrected chi connectivity index (χ3v) is 6.60. The number of carbonyl (C=O) groups excluding carboxylic acids is 2. The van der Waals surface area contributed by atoms with E-state index in [1.807, 2.05) is 13.0 Å². The second-order valence-corrected chi connectivity index (χ2v) is 10.3. The molecular weight excluding hydrogens is 617 g/mol. The molecule has 1 aliphatic heterocycles.